The Morgan fingerprint density at radius 3 is 2.59 bits per heavy atom. The van der Waals surface area contributed by atoms with Gasteiger partial charge in [-0.1, -0.05) is 74.2 Å². The fourth-order valence-corrected chi connectivity index (χ4v) is 4.86. The topological polar surface area (TPSA) is 39.5 Å². The van der Waals surface area contributed by atoms with E-state index >= 15 is 0 Å². The van der Waals surface area contributed by atoms with Crippen molar-refractivity contribution in [2.75, 3.05) is 19.8 Å². The lowest BCUT2D eigenvalue weighted by atomic mass is 10.1. The third kappa shape index (κ3) is 5.59. The number of benzene rings is 2. The summed E-state index contributed by atoms with van der Waals surface area (Å²) in [5, 5.41) is 0.619. The predicted octanol–water partition coefficient (Wildman–Crippen LogP) is 6.58. The molecule has 3 aromatic rings. The molecular formula is C28H34ClN3O2. The summed E-state index contributed by atoms with van der Waals surface area (Å²) >= 11 is 6.80. The number of nitrogens with zero attached hydrogens (tertiary/aromatic N) is 3. The lowest BCUT2D eigenvalue weighted by Crippen LogP contribution is -2.26. The van der Waals surface area contributed by atoms with E-state index in [0.717, 1.165) is 73.5 Å². The molecule has 1 fully saturated rings. The van der Waals surface area contributed by atoms with E-state index in [9.17, 15) is 0 Å². The highest BCUT2D eigenvalue weighted by Gasteiger charge is 2.24. The summed E-state index contributed by atoms with van der Waals surface area (Å²) in [4.78, 5) is 7.34. The van der Waals surface area contributed by atoms with Crippen molar-refractivity contribution in [3.8, 4) is 22.9 Å². The van der Waals surface area contributed by atoms with Crippen molar-refractivity contribution >= 4 is 11.6 Å². The summed E-state index contributed by atoms with van der Waals surface area (Å²) in [6.45, 7) is 7.05. The van der Waals surface area contributed by atoms with E-state index in [1.54, 1.807) is 0 Å². The second-order valence-electron chi connectivity index (χ2n) is 9.46. The van der Waals surface area contributed by atoms with Crippen LogP contribution < -0.4 is 9.47 Å². The van der Waals surface area contributed by atoms with Crippen LogP contribution in [0.15, 0.2) is 48.5 Å². The Kier molecular flexibility index (Phi) is 7.41. The first-order valence-corrected chi connectivity index (χ1v) is 13.0. The smallest absolute Gasteiger partial charge is 0.161 e. The van der Waals surface area contributed by atoms with Crippen LogP contribution in [-0.2, 0) is 19.6 Å². The van der Waals surface area contributed by atoms with Crippen molar-refractivity contribution in [3.63, 3.8) is 0 Å². The Hall–Kier alpha value is -2.50. The minimum atomic E-state index is 0.607. The van der Waals surface area contributed by atoms with Gasteiger partial charge in [-0.3, -0.25) is 4.90 Å². The van der Waals surface area contributed by atoms with Crippen molar-refractivity contribution in [2.24, 2.45) is 5.92 Å². The fraction of sp³-hybridized carbons (Fsp3) is 0.464. The molecular weight excluding hydrogens is 446 g/mol. The number of fused-ring (bicyclic) bond motifs is 1. The van der Waals surface area contributed by atoms with E-state index in [2.05, 4.69) is 52.8 Å². The first kappa shape index (κ1) is 23.3. The Labute approximate surface area is 207 Å². The molecule has 2 heterocycles. The number of unbranched alkanes of at least 4 members (excludes halogenated alkanes) is 1. The summed E-state index contributed by atoms with van der Waals surface area (Å²) in [6, 6.07) is 16.7. The van der Waals surface area contributed by atoms with Gasteiger partial charge in [-0.2, -0.15) is 0 Å². The van der Waals surface area contributed by atoms with Crippen molar-refractivity contribution < 1.29 is 9.47 Å². The monoisotopic (exact) mass is 479 g/mol. The van der Waals surface area contributed by atoms with Gasteiger partial charge in [0.2, 0.25) is 0 Å². The molecule has 5 nitrogen and oxygen atoms in total. The highest BCUT2D eigenvalue weighted by Crippen LogP contribution is 2.35. The lowest BCUT2D eigenvalue weighted by Gasteiger charge is -2.25. The molecule has 1 aliphatic heterocycles. The number of imidazole rings is 1. The van der Waals surface area contributed by atoms with Gasteiger partial charge in [0.25, 0.3) is 0 Å². The van der Waals surface area contributed by atoms with Gasteiger partial charge >= 0.3 is 0 Å². The summed E-state index contributed by atoms with van der Waals surface area (Å²) < 4.78 is 13.9. The van der Waals surface area contributed by atoms with Gasteiger partial charge in [-0.15, -0.1) is 0 Å². The van der Waals surface area contributed by atoms with Gasteiger partial charge in [0, 0.05) is 25.2 Å². The molecule has 0 unspecified atom stereocenters. The third-order valence-corrected chi connectivity index (χ3v) is 7.03. The maximum absolute atomic E-state index is 6.80. The van der Waals surface area contributed by atoms with E-state index in [4.69, 9.17) is 26.1 Å². The third-order valence-electron chi connectivity index (χ3n) is 6.73. The summed E-state index contributed by atoms with van der Waals surface area (Å²) in [5.74, 6) is 3.54. The Balaban J connectivity index is 1.41. The van der Waals surface area contributed by atoms with Gasteiger partial charge in [-0.25, -0.2) is 4.98 Å². The molecule has 6 heteroatoms. The van der Waals surface area contributed by atoms with E-state index in [-0.39, 0.29) is 0 Å². The van der Waals surface area contributed by atoms with Gasteiger partial charge in [-0.05, 0) is 43.0 Å². The second kappa shape index (κ2) is 10.8. The number of aromatic nitrogens is 2. The first-order valence-electron chi connectivity index (χ1n) is 12.6. The molecule has 180 valence electrons. The highest BCUT2D eigenvalue weighted by atomic mass is 35.5. The van der Waals surface area contributed by atoms with Crippen molar-refractivity contribution in [1.82, 2.24) is 14.5 Å². The molecule has 0 spiro atoms. The maximum Gasteiger partial charge on any atom is 0.161 e. The molecule has 0 atom stereocenters. The maximum atomic E-state index is 6.80. The first-order chi connectivity index (χ1) is 16.7. The molecule has 1 saturated carbocycles. The Bertz CT molecular complexity index is 1090. The van der Waals surface area contributed by atoms with Gasteiger partial charge in [0.1, 0.15) is 19.0 Å². The van der Waals surface area contributed by atoms with E-state index < -0.39 is 0 Å². The average molecular weight is 480 g/mol. The van der Waals surface area contributed by atoms with Crippen LogP contribution >= 0.6 is 11.6 Å². The van der Waals surface area contributed by atoms with E-state index in [0.29, 0.717) is 18.4 Å². The largest absolute Gasteiger partial charge is 0.486 e. The molecule has 2 aromatic carbocycles. The lowest BCUT2D eigenvalue weighted by molar-refractivity contribution is 0.171. The standard InChI is InChI=1S/C28H34ClN3O2/c1-2-3-14-32-24(27(29)30-28(32)23-7-5-4-6-8-23)20-31(15-13-21-9-10-21)19-22-11-12-25-26(18-22)34-17-16-33-25/h4-8,11-12,18,21H,2-3,9-10,13-17,19-20H2,1H3. The van der Waals surface area contributed by atoms with Crippen LogP contribution in [0, 0.1) is 5.92 Å². The summed E-state index contributed by atoms with van der Waals surface area (Å²) in [7, 11) is 0. The van der Waals surface area contributed by atoms with E-state index in [1.807, 2.05) is 12.1 Å². The molecule has 0 saturated heterocycles. The zero-order valence-corrected chi connectivity index (χ0v) is 20.8. The summed E-state index contributed by atoms with van der Waals surface area (Å²) in [5.41, 5.74) is 3.46. The van der Waals surface area contributed by atoms with Gasteiger partial charge in [0.05, 0.1) is 5.69 Å². The normalized spacial score (nSPS) is 15.1. The van der Waals surface area contributed by atoms with Crippen LogP contribution in [0.4, 0.5) is 0 Å². The molecule has 0 N–H and O–H groups in total. The molecule has 34 heavy (non-hydrogen) atoms. The van der Waals surface area contributed by atoms with Crippen LogP contribution in [0.5, 0.6) is 11.5 Å². The quantitative estimate of drug-likeness (QED) is 0.311. The Morgan fingerprint density at radius 2 is 1.82 bits per heavy atom. The number of halogens is 1. The van der Waals surface area contributed by atoms with Gasteiger partial charge in [0.15, 0.2) is 16.7 Å². The Morgan fingerprint density at radius 1 is 1.03 bits per heavy atom. The molecule has 0 amide bonds. The zero-order chi connectivity index (χ0) is 23.3. The molecule has 5 rings (SSSR count). The van der Waals surface area contributed by atoms with Crippen molar-refractivity contribution in [3.05, 3.63) is 64.9 Å². The number of hydrogen-bond donors (Lipinski definition) is 0. The van der Waals surface area contributed by atoms with Crippen LogP contribution in [0.1, 0.15) is 50.3 Å². The van der Waals surface area contributed by atoms with E-state index in [1.165, 1.54) is 24.8 Å². The SMILES string of the molecule is CCCCn1c(-c2ccccc2)nc(Cl)c1CN(CCC1CC1)Cc1ccc2c(c1)OCCO2. The minimum absolute atomic E-state index is 0.607. The van der Waals surface area contributed by atoms with Crippen molar-refractivity contribution in [1.29, 1.82) is 0 Å². The molecule has 0 bridgehead atoms. The predicted molar refractivity (Wildman–Crippen MR) is 136 cm³/mol. The molecule has 1 aliphatic carbocycles. The molecule has 1 aromatic heterocycles. The highest BCUT2D eigenvalue weighted by molar-refractivity contribution is 6.30. The second-order valence-corrected chi connectivity index (χ2v) is 9.82. The molecule has 0 radical (unpaired) electrons. The van der Waals surface area contributed by atoms with Gasteiger partial charge < -0.3 is 14.0 Å². The summed E-state index contributed by atoms with van der Waals surface area (Å²) in [6.07, 6.45) is 6.20. The zero-order valence-electron chi connectivity index (χ0n) is 20.0. The van der Waals surface area contributed by atoms with Crippen LogP contribution in [0.2, 0.25) is 5.15 Å². The van der Waals surface area contributed by atoms with Crippen LogP contribution in [0.25, 0.3) is 11.4 Å². The van der Waals surface area contributed by atoms with Crippen LogP contribution in [0.3, 0.4) is 0 Å². The van der Waals surface area contributed by atoms with Crippen molar-refractivity contribution in [2.45, 2.75) is 58.7 Å². The molecule has 2 aliphatic rings. The number of hydrogen-bond acceptors (Lipinski definition) is 4. The average Bonchev–Trinajstić information content (AvgIpc) is 3.65. The van der Waals surface area contributed by atoms with Crippen LogP contribution in [-0.4, -0.2) is 34.2 Å². The minimum Gasteiger partial charge on any atom is -0.486 e. The number of ether oxygens (including phenoxy) is 2. The fourth-order valence-electron chi connectivity index (χ4n) is 4.61. The number of rotatable bonds is 11.